The van der Waals surface area contributed by atoms with Gasteiger partial charge in [-0.1, -0.05) is 5.16 Å². The third kappa shape index (κ3) is 2.34. The van der Waals surface area contributed by atoms with Crippen molar-refractivity contribution in [3.05, 3.63) is 40.5 Å². The van der Waals surface area contributed by atoms with Gasteiger partial charge in [-0.3, -0.25) is 4.68 Å². The smallest absolute Gasteiger partial charge is 0.340 e. The van der Waals surface area contributed by atoms with Crippen molar-refractivity contribution in [2.45, 2.75) is 27.4 Å². The maximum Gasteiger partial charge on any atom is 0.340 e. The predicted octanol–water partition coefficient (Wildman–Crippen LogP) is 2.24. The van der Waals surface area contributed by atoms with Crippen LogP contribution in [0.15, 0.2) is 16.8 Å². The van der Waals surface area contributed by atoms with Gasteiger partial charge >= 0.3 is 5.97 Å². The molecular weight excluding hydrogens is 284 g/mol. The summed E-state index contributed by atoms with van der Waals surface area (Å²) in [4.78, 5) is 16.5. The van der Waals surface area contributed by atoms with Crippen molar-refractivity contribution in [3.63, 3.8) is 0 Å². The van der Waals surface area contributed by atoms with Gasteiger partial charge in [0.2, 0.25) is 0 Å². The largest absolute Gasteiger partial charge is 0.457 e. The van der Waals surface area contributed by atoms with E-state index in [1.54, 1.807) is 17.7 Å². The van der Waals surface area contributed by atoms with Crippen LogP contribution in [0.4, 0.5) is 0 Å². The van der Waals surface area contributed by atoms with Gasteiger partial charge in [0.25, 0.3) is 0 Å². The van der Waals surface area contributed by atoms with Crippen LogP contribution in [-0.4, -0.2) is 25.9 Å². The number of aromatic nitrogens is 4. The van der Waals surface area contributed by atoms with Gasteiger partial charge in [0.15, 0.2) is 5.65 Å². The molecule has 22 heavy (non-hydrogen) atoms. The van der Waals surface area contributed by atoms with Gasteiger partial charge in [-0.25, -0.2) is 9.78 Å². The molecule has 0 saturated heterocycles. The Bertz CT molecular complexity index is 844. The molecule has 3 aromatic rings. The van der Waals surface area contributed by atoms with Crippen LogP contribution in [0, 0.1) is 20.8 Å². The maximum absolute atomic E-state index is 12.2. The Hall–Kier alpha value is -2.70. The summed E-state index contributed by atoms with van der Waals surface area (Å²) in [7, 11) is 1.82. The molecule has 0 radical (unpaired) electrons. The highest BCUT2D eigenvalue weighted by molar-refractivity contribution is 5.93. The average Bonchev–Trinajstić information content (AvgIpc) is 2.97. The first-order valence-corrected chi connectivity index (χ1v) is 6.85. The summed E-state index contributed by atoms with van der Waals surface area (Å²) in [6.45, 7) is 5.61. The quantitative estimate of drug-likeness (QED) is 0.690. The van der Waals surface area contributed by atoms with Gasteiger partial charge in [0.05, 0.1) is 22.5 Å². The van der Waals surface area contributed by atoms with E-state index in [1.807, 2.05) is 20.9 Å². The maximum atomic E-state index is 12.2. The number of rotatable bonds is 3. The molecule has 3 heterocycles. The van der Waals surface area contributed by atoms with Crippen LogP contribution in [0.25, 0.3) is 11.0 Å². The minimum absolute atomic E-state index is 0.129. The van der Waals surface area contributed by atoms with Crippen molar-refractivity contribution in [2.75, 3.05) is 0 Å². The highest BCUT2D eigenvalue weighted by Crippen LogP contribution is 2.18. The van der Waals surface area contributed by atoms with Crippen molar-refractivity contribution >= 4 is 17.0 Å². The number of pyridine rings is 1. The number of hydrogen-bond donors (Lipinski definition) is 0. The first-order chi connectivity index (χ1) is 10.5. The lowest BCUT2D eigenvalue weighted by Crippen LogP contribution is -2.07. The molecule has 0 aliphatic rings. The number of esters is 1. The Morgan fingerprint density at radius 3 is 2.77 bits per heavy atom. The summed E-state index contributed by atoms with van der Waals surface area (Å²) < 4.78 is 12.1. The molecule has 7 heteroatoms. The van der Waals surface area contributed by atoms with E-state index in [2.05, 4.69) is 15.2 Å². The van der Waals surface area contributed by atoms with Crippen molar-refractivity contribution in [2.24, 2.45) is 7.05 Å². The van der Waals surface area contributed by atoms with E-state index in [9.17, 15) is 4.79 Å². The summed E-state index contributed by atoms with van der Waals surface area (Å²) in [5.74, 6) is 0.222. The summed E-state index contributed by atoms with van der Waals surface area (Å²) in [5.41, 5.74) is 3.47. The normalized spacial score (nSPS) is 11.1. The molecule has 0 saturated carbocycles. The molecule has 0 aliphatic carbocycles. The van der Waals surface area contributed by atoms with E-state index in [0.717, 1.165) is 28.0 Å². The highest BCUT2D eigenvalue weighted by atomic mass is 16.5. The van der Waals surface area contributed by atoms with E-state index < -0.39 is 5.97 Å². The number of aryl methyl sites for hydroxylation is 4. The van der Waals surface area contributed by atoms with E-state index in [1.165, 1.54) is 6.20 Å². The van der Waals surface area contributed by atoms with Crippen molar-refractivity contribution < 1.29 is 14.1 Å². The lowest BCUT2D eigenvalue weighted by molar-refractivity contribution is 0.0470. The summed E-state index contributed by atoms with van der Waals surface area (Å²) >= 11 is 0. The number of fused-ring (bicyclic) bond motifs is 1. The Kier molecular flexibility index (Phi) is 3.40. The second kappa shape index (κ2) is 5.25. The van der Waals surface area contributed by atoms with E-state index >= 15 is 0 Å². The fraction of sp³-hybridized carbons (Fsp3) is 0.333. The molecule has 114 valence electrons. The molecular formula is C15H16N4O3. The van der Waals surface area contributed by atoms with Crippen LogP contribution in [0.3, 0.4) is 0 Å². The molecule has 0 bridgehead atoms. The number of carbonyl (C=O) groups is 1. The van der Waals surface area contributed by atoms with Gasteiger partial charge in [0, 0.05) is 18.6 Å². The minimum Gasteiger partial charge on any atom is -0.457 e. The monoisotopic (exact) mass is 300 g/mol. The van der Waals surface area contributed by atoms with Gasteiger partial charge in [-0.2, -0.15) is 5.10 Å². The van der Waals surface area contributed by atoms with Crippen LogP contribution in [0.1, 0.15) is 33.1 Å². The zero-order chi connectivity index (χ0) is 15.9. The molecule has 7 nitrogen and oxygen atoms in total. The lowest BCUT2D eigenvalue weighted by atomic mass is 10.2. The van der Waals surface area contributed by atoms with Gasteiger partial charge < -0.3 is 9.26 Å². The molecule has 3 rings (SSSR count). The van der Waals surface area contributed by atoms with E-state index in [4.69, 9.17) is 9.26 Å². The Labute approximate surface area is 126 Å². The molecule has 0 aliphatic heterocycles. The predicted molar refractivity (Wildman–Crippen MR) is 78.3 cm³/mol. The first-order valence-electron chi connectivity index (χ1n) is 6.85. The third-order valence-corrected chi connectivity index (χ3v) is 3.63. The third-order valence-electron chi connectivity index (χ3n) is 3.63. The summed E-state index contributed by atoms with van der Waals surface area (Å²) in [5, 5.41) is 8.96. The zero-order valence-electron chi connectivity index (χ0n) is 12.9. The Balaban J connectivity index is 1.82. The lowest BCUT2D eigenvalue weighted by Gasteiger charge is -2.04. The van der Waals surface area contributed by atoms with Crippen molar-refractivity contribution in [1.82, 2.24) is 19.9 Å². The standard InChI is InChI=1S/C15H16N4O3/c1-8-12-5-11(6-16-14(12)19(4)17-8)15(20)21-7-13-9(2)18-22-10(13)3/h5-6H,7H2,1-4H3. The SMILES string of the molecule is Cc1noc(C)c1COC(=O)c1cnc2c(c1)c(C)nn2C. The Morgan fingerprint density at radius 1 is 1.32 bits per heavy atom. The topological polar surface area (TPSA) is 83.0 Å². The molecule has 0 spiro atoms. The number of ether oxygens (including phenoxy) is 1. The van der Waals surface area contributed by atoms with Crippen LogP contribution in [-0.2, 0) is 18.4 Å². The van der Waals surface area contributed by atoms with Crippen molar-refractivity contribution in [1.29, 1.82) is 0 Å². The second-order valence-corrected chi connectivity index (χ2v) is 5.18. The zero-order valence-corrected chi connectivity index (χ0v) is 12.9. The average molecular weight is 300 g/mol. The molecule has 0 unspecified atom stereocenters. The van der Waals surface area contributed by atoms with Crippen LogP contribution < -0.4 is 0 Å². The highest BCUT2D eigenvalue weighted by Gasteiger charge is 2.15. The van der Waals surface area contributed by atoms with E-state index in [0.29, 0.717) is 11.3 Å². The fourth-order valence-electron chi connectivity index (χ4n) is 2.35. The van der Waals surface area contributed by atoms with Crippen LogP contribution in [0.5, 0.6) is 0 Å². The first kappa shape index (κ1) is 14.2. The second-order valence-electron chi connectivity index (χ2n) is 5.18. The molecule has 0 amide bonds. The number of hydrogen-bond acceptors (Lipinski definition) is 6. The fourth-order valence-corrected chi connectivity index (χ4v) is 2.35. The van der Waals surface area contributed by atoms with E-state index in [-0.39, 0.29) is 6.61 Å². The van der Waals surface area contributed by atoms with Crippen LogP contribution in [0.2, 0.25) is 0 Å². The van der Waals surface area contributed by atoms with Gasteiger partial charge in [0.1, 0.15) is 12.4 Å². The minimum atomic E-state index is -0.433. The molecule has 0 aromatic carbocycles. The molecule has 0 atom stereocenters. The molecule has 3 aromatic heterocycles. The number of nitrogens with zero attached hydrogens (tertiary/aromatic N) is 4. The Morgan fingerprint density at radius 2 is 2.09 bits per heavy atom. The number of carbonyl (C=O) groups excluding carboxylic acids is 1. The summed E-state index contributed by atoms with van der Waals surface area (Å²) in [6, 6.07) is 1.75. The molecule has 0 N–H and O–H groups in total. The molecule has 0 fully saturated rings. The summed E-state index contributed by atoms with van der Waals surface area (Å²) in [6.07, 6.45) is 1.50. The van der Waals surface area contributed by atoms with Gasteiger partial charge in [-0.15, -0.1) is 0 Å². The van der Waals surface area contributed by atoms with Gasteiger partial charge in [-0.05, 0) is 26.8 Å². The van der Waals surface area contributed by atoms with Crippen LogP contribution >= 0.6 is 0 Å². The van der Waals surface area contributed by atoms with Crippen molar-refractivity contribution in [3.8, 4) is 0 Å².